The second kappa shape index (κ2) is 6.28. The summed E-state index contributed by atoms with van der Waals surface area (Å²) in [5.41, 5.74) is 2.98. The van der Waals surface area contributed by atoms with E-state index in [0.29, 0.717) is 6.54 Å². The molecule has 0 aliphatic heterocycles. The first-order valence-corrected chi connectivity index (χ1v) is 5.92. The molecule has 3 heteroatoms. The zero-order valence-electron chi connectivity index (χ0n) is 10.1. The van der Waals surface area contributed by atoms with Crippen molar-refractivity contribution in [2.75, 3.05) is 0 Å². The number of benzene rings is 2. The van der Waals surface area contributed by atoms with Crippen LogP contribution in [-0.4, -0.2) is 5.11 Å². The molecule has 0 fully saturated rings. The van der Waals surface area contributed by atoms with Gasteiger partial charge in [-0.25, -0.2) is 4.39 Å². The van der Waals surface area contributed by atoms with Crippen LogP contribution in [0.4, 0.5) is 4.39 Å². The Morgan fingerprint density at radius 1 is 0.889 bits per heavy atom. The maximum absolute atomic E-state index is 12.9. The van der Waals surface area contributed by atoms with Gasteiger partial charge in [-0.1, -0.05) is 36.4 Å². The largest absolute Gasteiger partial charge is 0.392 e. The molecule has 0 radical (unpaired) electrons. The van der Waals surface area contributed by atoms with Gasteiger partial charge in [0.05, 0.1) is 6.61 Å². The molecule has 2 nitrogen and oxygen atoms in total. The first kappa shape index (κ1) is 12.7. The Morgan fingerprint density at radius 2 is 1.56 bits per heavy atom. The molecule has 2 aromatic carbocycles. The molecular formula is C15H16FNO. The molecule has 2 rings (SSSR count). The molecule has 0 bridgehead atoms. The van der Waals surface area contributed by atoms with Crippen LogP contribution in [0.15, 0.2) is 48.5 Å². The smallest absolute Gasteiger partial charge is 0.123 e. The topological polar surface area (TPSA) is 32.3 Å². The Balaban J connectivity index is 1.84. The Kier molecular flexibility index (Phi) is 4.45. The summed E-state index contributed by atoms with van der Waals surface area (Å²) in [5, 5.41) is 12.2. The van der Waals surface area contributed by atoms with Crippen molar-refractivity contribution in [2.45, 2.75) is 19.7 Å². The van der Waals surface area contributed by atoms with Gasteiger partial charge in [-0.2, -0.15) is 0 Å². The molecule has 18 heavy (non-hydrogen) atoms. The summed E-state index contributed by atoms with van der Waals surface area (Å²) in [6, 6.07) is 14.3. The SMILES string of the molecule is OCc1ccc(CNCc2cccc(F)c2)cc1. The first-order chi connectivity index (χ1) is 8.78. The summed E-state index contributed by atoms with van der Waals surface area (Å²) in [6.07, 6.45) is 0. The predicted octanol–water partition coefficient (Wildman–Crippen LogP) is 2.61. The fraction of sp³-hybridized carbons (Fsp3) is 0.200. The van der Waals surface area contributed by atoms with E-state index in [-0.39, 0.29) is 12.4 Å². The lowest BCUT2D eigenvalue weighted by molar-refractivity contribution is 0.282. The Bertz CT molecular complexity index is 496. The summed E-state index contributed by atoms with van der Waals surface area (Å²) in [6.45, 7) is 1.43. The summed E-state index contributed by atoms with van der Waals surface area (Å²) >= 11 is 0. The number of rotatable bonds is 5. The van der Waals surface area contributed by atoms with Crippen LogP contribution in [0.2, 0.25) is 0 Å². The number of hydrogen-bond donors (Lipinski definition) is 2. The first-order valence-electron chi connectivity index (χ1n) is 5.92. The van der Waals surface area contributed by atoms with Gasteiger partial charge in [-0.15, -0.1) is 0 Å². The van der Waals surface area contributed by atoms with Gasteiger partial charge in [0.2, 0.25) is 0 Å². The Hall–Kier alpha value is -1.71. The van der Waals surface area contributed by atoms with Gasteiger partial charge in [0.25, 0.3) is 0 Å². The van der Waals surface area contributed by atoms with E-state index in [9.17, 15) is 4.39 Å². The predicted molar refractivity (Wildman–Crippen MR) is 69.3 cm³/mol. The van der Waals surface area contributed by atoms with Crippen molar-refractivity contribution < 1.29 is 9.50 Å². The van der Waals surface area contributed by atoms with Crippen LogP contribution < -0.4 is 5.32 Å². The van der Waals surface area contributed by atoms with Gasteiger partial charge >= 0.3 is 0 Å². The molecule has 0 aliphatic rings. The molecule has 0 amide bonds. The summed E-state index contributed by atoms with van der Waals surface area (Å²) in [4.78, 5) is 0. The standard InChI is InChI=1S/C15H16FNO/c16-15-3-1-2-14(8-15)10-17-9-12-4-6-13(11-18)7-5-12/h1-8,17-18H,9-11H2. The number of hydrogen-bond acceptors (Lipinski definition) is 2. The maximum Gasteiger partial charge on any atom is 0.123 e. The molecule has 0 saturated carbocycles. The zero-order chi connectivity index (χ0) is 12.8. The Morgan fingerprint density at radius 3 is 2.22 bits per heavy atom. The monoisotopic (exact) mass is 245 g/mol. The van der Waals surface area contributed by atoms with Crippen molar-refractivity contribution in [3.8, 4) is 0 Å². The second-order valence-corrected chi connectivity index (χ2v) is 4.21. The van der Waals surface area contributed by atoms with E-state index >= 15 is 0 Å². The zero-order valence-corrected chi connectivity index (χ0v) is 10.1. The average molecular weight is 245 g/mol. The lowest BCUT2D eigenvalue weighted by atomic mass is 10.1. The number of halogens is 1. The fourth-order valence-electron chi connectivity index (χ4n) is 1.76. The van der Waals surface area contributed by atoms with E-state index in [2.05, 4.69) is 5.32 Å². The molecule has 0 saturated heterocycles. The number of aliphatic hydroxyl groups is 1. The highest BCUT2D eigenvalue weighted by molar-refractivity contribution is 5.22. The molecule has 0 unspecified atom stereocenters. The summed E-state index contributed by atoms with van der Waals surface area (Å²) in [7, 11) is 0. The third-order valence-corrected chi connectivity index (χ3v) is 2.75. The van der Waals surface area contributed by atoms with Crippen molar-refractivity contribution >= 4 is 0 Å². The van der Waals surface area contributed by atoms with Crippen molar-refractivity contribution in [1.82, 2.24) is 5.32 Å². The average Bonchev–Trinajstić information content (AvgIpc) is 2.40. The van der Waals surface area contributed by atoms with E-state index in [1.807, 2.05) is 30.3 Å². The highest BCUT2D eigenvalue weighted by Gasteiger charge is 1.96. The van der Waals surface area contributed by atoms with E-state index in [1.54, 1.807) is 6.07 Å². The molecule has 0 aliphatic carbocycles. The Labute approximate surface area is 106 Å². The molecule has 94 valence electrons. The quantitative estimate of drug-likeness (QED) is 0.848. The minimum Gasteiger partial charge on any atom is -0.392 e. The molecule has 0 spiro atoms. The molecule has 0 heterocycles. The van der Waals surface area contributed by atoms with Crippen molar-refractivity contribution in [3.05, 3.63) is 71.0 Å². The molecule has 0 aromatic heterocycles. The van der Waals surface area contributed by atoms with Gasteiger partial charge in [0, 0.05) is 13.1 Å². The van der Waals surface area contributed by atoms with Crippen LogP contribution in [0.5, 0.6) is 0 Å². The third kappa shape index (κ3) is 3.65. The van der Waals surface area contributed by atoms with Crippen molar-refractivity contribution in [3.63, 3.8) is 0 Å². The minimum atomic E-state index is -0.207. The van der Waals surface area contributed by atoms with E-state index in [0.717, 1.165) is 23.2 Å². The van der Waals surface area contributed by atoms with Gasteiger partial charge < -0.3 is 10.4 Å². The van der Waals surface area contributed by atoms with Crippen molar-refractivity contribution in [2.24, 2.45) is 0 Å². The molecule has 0 atom stereocenters. The van der Waals surface area contributed by atoms with Crippen LogP contribution in [0.25, 0.3) is 0 Å². The van der Waals surface area contributed by atoms with E-state index in [1.165, 1.54) is 12.1 Å². The van der Waals surface area contributed by atoms with Crippen LogP contribution >= 0.6 is 0 Å². The fourth-order valence-corrected chi connectivity index (χ4v) is 1.76. The number of aliphatic hydroxyl groups excluding tert-OH is 1. The second-order valence-electron chi connectivity index (χ2n) is 4.21. The van der Waals surface area contributed by atoms with Gasteiger partial charge in [-0.05, 0) is 28.8 Å². The van der Waals surface area contributed by atoms with Crippen LogP contribution in [0, 0.1) is 5.82 Å². The molecule has 2 aromatic rings. The van der Waals surface area contributed by atoms with Crippen LogP contribution in [0.3, 0.4) is 0 Å². The van der Waals surface area contributed by atoms with Crippen molar-refractivity contribution in [1.29, 1.82) is 0 Å². The van der Waals surface area contributed by atoms with Gasteiger partial charge in [0.15, 0.2) is 0 Å². The minimum absolute atomic E-state index is 0.0665. The summed E-state index contributed by atoms with van der Waals surface area (Å²) < 4.78 is 12.9. The van der Waals surface area contributed by atoms with Crippen LogP contribution in [-0.2, 0) is 19.7 Å². The van der Waals surface area contributed by atoms with Crippen LogP contribution in [0.1, 0.15) is 16.7 Å². The highest BCUT2D eigenvalue weighted by atomic mass is 19.1. The lowest BCUT2D eigenvalue weighted by Crippen LogP contribution is -2.12. The lowest BCUT2D eigenvalue weighted by Gasteiger charge is -2.06. The molecular weight excluding hydrogens is 229 g/mol. The molecule has 2 N–H and O–H groups in total. The highest BCUT2D eigenvalue weighted by Crippen LogP contribution is 2.06. The normalized spacial score (nSPS) is 10.6. The number of nitrogens with one attached hydrogen (secondary N) is 1. The van der Waals surface area contributed by atoms with Gasteiger partial charge in [0.1, 0.15) is 5.82 Å². The third-order valence-electron chi connectivity index (χ3n) is 2.75. The summed E-state index contributed by atoms with van der Waals surface area (Å²) in [5.74, 6) is -0.207. The van der Waals surface area contributed by atoms with Gasteiger partial charge in [-0.3, -0.25) is 0 Å². The maximum atomic E-state index is 12.9. The van der Waals surface area contributed by atoms with E-state index < -0.39 is 0 Å². The van der Waals surface area contributed by atoms with E-state index in [4.69, 9.17) is 5.11 Å².